The number of carbonyl (C=O) groups is 1. The van der Waals surface area contributed by atoms with Crippen molar-refractivity contribution in [2.24, 2.45) is 0 Å². The lowest BCUT2D eigenvalue weighted by Crippen LogP contribution is -2.49. The molecule has 0 bridgehead atoms. The van der Waals surface area contributed by atoms with Crippen molar-refractivity contribution in [1.29, 1.82) is 0 Å². The molecule has 1 aromatic heterocycles. The van der Waals surface area contributed by atoms with E-state index in [0.717, 1.165) is 50.4 Å². The molecule has 0 radical (unpaired) electrons. The van der Waals surface area contributed by atoms with Gasteiger partial charge in [0.1, 0.15) is 0 Å². The van der Waals surface area contributed by atoms with E-state index in [1.165, 1.54) is 10.8 Å². The molecule has 0 aliphatic carbocycles. The average Bonchev–Trinajstić information content (AvgIpc) is 2.74. The number of carbonyl (C=O) groups excluding carboxylic acids is 1. The van der Waals surface area contributed by atoms with Gasteiger partial charge in [-0.3, -0.25) is 14.7 Å². The van der Waals surface area contributed by atoms with Crippen LogP contribution in [0.3, 0.4) is 0 Å². The van der Waals surface area contributed by atoms with E-state index in [2.05, 4.69) is 40.2 Å². The van der Waals surface area contributed by atoms with Crippen molar-refractivity contribution >= 4 is 29.1 Å². The molecule has 1 aliphatic rings. The molecule has 0 unspecified atom stereocenters. The Balaban J connectivity index is 0.00000225. The summed E-state index contributed by atoms with van der Waals surface area (Å²) in [5, 5.41) is 2.38. The molecule has 1 saturated heterocycles. The van der Waals surface area contributed by atoms with Crippen molar-refractivity contribution < 1.29 is 4.79 Å². The van der Waals surface area contributed by atoms with E-state index in [1.54, 1.807) is 0 Å². The Hall–Kier alpha value is -2.43. The first-order valence-electron chi connectivity index (χ1n) is 9.66. The van der Waals surface area contributed by atoms with Crippen LogP contribution in [-0.2, 0) is 17.6 Å². The zero-order valence-electron chi connectivity index (χ0n) is 16.0. The molecule has 0 spiro atoms. The Kier molecular flexibility index (Phi) is 7.01. The van der Waals surface area contributed by atoms with E-state index in [-0.39, 0.29) is 18.3 Å². The molecule has 28 heavy (non-hydrogen) atoms. The summed E-state index contributed by atoms with van der Waals surface area (Å²) in [6, 6.07) is 20.6. The van der Waals surface area contributed by atoms with Crippen LogP contribution in [0.4, 0.5) is 0 Å². The molecule has 2 aromatic carbocycles. The number of hydrogen-bond donors (Lipinski definition) is 0. The highest BCUT2D eigenvalue weighted by atomic mass is 35.5. The summed E-state index contributed by atoms with van der Waals surface area (Å²) < 4.78 is 0. The summed E-state index contributed by atoms with van der Waals surface area (Å²) in [7, 11) is 0. The van der Waals surface area contributed by atoms with Crippen LogP contribution in [0.2, 0.25) is 0 Å². The number of rotatable bonds is 5. The first-order chi connectivity index (χ1) is 13.3. The SMILES string of the molecule is Cl.O=C(Cc1cccc2ccccc12)N1CCN(CCc2ccccn2)CC1. The summed E-state index contributed by atoms with van der Waals surface area (Å²) in [5.41, 5.74) is 2.25. The first kappa shape index (κ1) is 20.3. The van der Waals surface area contributed by atoms with Gasteiger partial charge in [-0.2, -0.15) is 0 Å². The number of hydrogen-bond acceptors (Lipinski definition) is 3. The number of amides is 1. The second-order valence-corrected chi connectivity index (χ2v) is 7.11. The molecule has 146 valence electrons. The van der Waals surface area contributed by atoms with Crippen LogP contribution in [0.15, 0.2) is 66.9 Å². The van der Waals surface area contributed by atoms with Gasteiger partial charge >= 0.3 is 0 Å². The Labute approximate surface area is 172 Å². The monoisotopic (exact) mass is 395 g/mol. The zero-order valence-corrected chi connectivity index (χ0v) is 16.8. The quantitative estimate of drug-likeness (QED) is 0.662. The van der Waals surface area contributed by atoms with Gasteiger partial charge in [-0.25, -0.2) is 0 Å². The van der Waals surface area contributed by atoms with Crippen LogP contribution < -0.4 is 0 Å². The van der Waals surface area contributed by atoms with Crippen molar-refractivity contribution in [3.63, 3.8) is 0 Å². The van der Waals surface area contributed by atoms with E-state index in [9.17, 15) is 4.79 Å². The van der Waals surface area contributed by atoms with Gasteiger partial charge in [-0.15, -0.1) is 12.4 Å². The number of piperazine rings is 1. The van der Waals surface area contributed by atoms with Gasteiger partial charge in [0.15, 0.2) is 0 Å². The van der Waals surface area contributed by atoms with E-state index < -0.39 is 0 Å². The number of nitrogens with zero attached hydrogens (tertiary/aromatic N) is 3. The Morgan fingerprint density at radius 3 is 2.43 bits per heavy atom. The van der Waals surface area contributed by atoms with Gasteiger partial charge in [-0.05, 0) is 28.5 Å². The molecule has 4 nitrogen and oxygen atoms in total. The third-order valence-electron chi connectivity index (χ3n) is 5.36. The molecule has 2 heterocycles. The molecule has 1 amide bonds. The highest BCUT2D eigenvalue weighted by Gasteiger charge is 2.21. The molecule has 1 fully saturated rings. The normalized spacial score (nSPS) is 14.6. The fourth-order valence-electron chi connectivity index (χ4n) is 3.76. The van der Waals surface area contributed by atoms with E-state index in [4.69, 9.17) is 0 Å². The molecule has 3 aromatic rings. The third-order valence-corrected chi connectivity index (χ3v) is 5.36. The minimum atomic E-state index is 0. The predicted molar refractivity (Wildman–Crippen MR) is 116 cm³/mol. The van der Waals surface area contributed by atoms with Crippen LogP contribution >= 0.6 is 12.4 Å². The zero-order chi connectivity index (χ0) is 18.5. The smallest absolute Gasteiger partial charge is 0.227 e. The molecule has 0 saturated carbocycles. The molecular weight excluding hydrogens is 370 g/mol. The summed E-state index contributed by atoms with van der Waals surface area (Å²) in [5.74, 6) is 0.232. The molecule has 4 rings (SSSR count). The summed E-state index contributed by atoms with van der Waals surface area (Å²) in [6.07, 6.45) is 3.29. The molecule has 5 heteroatoms. The van der Waals surface area contributed by atoms with Gasteiger partial charge in [0.2, 0.25) is 5.91 Å². The fraction of sp³-hybridized carbons (Fsp3) is 0.304. The van der Waals surface area contributed by atoms with Gasteiger partial charge in [-0.1, -0.05) is 48.5 Å². The molecule has 0 atom stereocenters. The van der Waals surface area contributed by atoms with Gasteiger partial charge < -0.3 is 4.90 Å². The van der Waals surface area contributed by atoms with Crippen molar-refractivity contribution in [1.82, 2.24) is 14.8 Å². The minimum absolute atomic E-state index is 0. The first-order valence-corrected chi connectivity index (χ1v) is 9.66. The second kappa shape index (κ2) is 9.67. The number of pyridine rings is 1. The minimum Gasteiger partial charge on any atom is -0.340 e. The van der Waals surface area contributed by atoms with Crippen molar-refractivity contribution in [2.75, 3.05) is 32.7 Å². The average molecular weight is 396 g/mol. The summed E-state index contributed by atoms with van der Waals surface area (Å²) in [6.45, 7) is 4.50. The van der Waals surface area contributed by atoms with Crippen LogP contribution in [-0.4, -0.2) is 53.4 Å². The maximum Gasteiger partial charge on any atom is 0.227 e. The van der Waals surface area contributed by atoms with Crippen molar-refractivity contribution in [2.45, 2.75) is 12.8 Å². The van der Waals surface area contributed by atoms with E-state index in [1.807, 2.05) is 41.4 Å². The Morgan fingerprint density at radius 2 is 1.64 bits per heavy atom. The van der Waals surface area contributed by atoms with Gasteiger partial charge in [0.25, 0.3) is 0 Å². The number of aromatic nitrogens is 1. The maximum atomic E-state index is 12.8. The van der Waals surface area contributed by atoms with Crippen LogP contribution in [0.25, 0.3) is 10.8 Å². The summed E-state index contributed by atoms with van der Waals surface area (Å²) in [4.78, 5) is 21.6. The topological polar surface area (TPSA) is 36.4 Å². The maximum absolute atomic E-state index is 12.8. The lowest BCUT2D eigenvalue weighted by atomic mass is 10.0. The van der Waals surface area contributed by atoms with E-state index >= 15 is 0 Å². The molecule has 1 aliphatic heterocycles. The van der Waals surface area contributed by atoms with Gasteiger partial charge in [0, 0.05) is 51.0 Å². The van der Waals surface area contributed by atoms with Crippen molar-refractivity contribution in [3.8, 4) is 0 Å². The molecular formula is C23H26ClN3O. The fourth-order valence-corrected chi connectivity index (χ4v) is 3.76. The van der Waals surface area contributed by atoms with Crippen LogP contribution in [0.5, 0.6) is 0 Å². The number of fused-ring (bicyclic) bond motifs is 1. The van der Waals surface area contributed by atoms with E-state index in [0.29, 0.717) is 6.42 Å². The Morgan fingerprint density at radius 1 is 0.893 bits per heavy atom. The predicted octanol–water partition coefficient (Wildman–Crippen LogP) is 3.59. The largest absolute Gasteiger partial charge is 0.340 e. The molecule has 0 N–H and O–H groups in total. The standard InChI is InChI=1S/C23H25N3O.ClH/c27-23(18-20-8-5-7-19-6-1-2-10-22(19)20)26-16-14-25(15-17-26)13-11-21-9-3-4-12-24-21;/h1-10,12H,11,13-18H2;1H. The van der Waals surface area contributed by atoms with Crippen LogP contribution in [0.1, 0.15) is 11.3 Å². The highest BCUT2D eigenvalue weighted by molar-refractivity contribution is 5.90. The third kappa shape index (κ3) is 4.89. The second-order valence-electron chi connectivity index (χ2n) is 7.11. The lowest BCUT2D eigenvalue weighted by Gasteiger charge is -2.34. The highest BCUT2D eigenvalue weighted by Crippen LogP contribution is 2.19. The Bertz CT molecular complexity index is 903. The van der Waals surface area contributed by atoms with Gasteiger partial charge in [0.05, 0.1) is 6.42 Å². The number of benzene rings is 2. The summed E-state index contributed by atoms with van der Waals surface area (Å²) >= 11 is 0. The van der Waals surface area contributed by atoms with Crippen LogP contribution in [0, 0.1) is 0 Å². The number of halogens is 1. The lowest BCUT2D eigenvalue weighted by molar-refractivity contribution is -0.132. The van der Waals surface area contributed by atoms with Crippen molar-refractivity contribution in [3.05, 3.63) is 78.1 Å².